The second kappa shape index (κ2) is 5.97. The number of hydrogen-bond donors (Lipinski definition) is 1. The lowest BCUT2D eigenvalue weighted by Crippen LogP contribution is -2.48. The average Bonchev–Trinajstić information content (AvgIpc) is 2.75. The third-order valence-electron chi connectivity index (χ3n) is 3.34. The highest BCUT2D eigenvalue weighted by Crippen LogP contribution is 2.22. The van der Waals surface area contributed by atoms with Gasteiger partial charge in [0.15, 0.2) is 5.82 Å². The second-order valence-corrected chi connectivity index (χ2v) is 6.44. The van der Waals surface area contributed by atoms with Gasteiger partial charge >= 0.3 is 6.09 Å². The molecule has 0 spiro atoms. The highest BCUT2D eigenvalue weighted by atomic mass is 16.6. The zero-order valence-electron chi connectivity index (χ0n) is 13.0. The van der Waals surface area contributed by atoms with E-state index >= 15 is 0 Å². The molecule has 1 aromatic rings. The van der Waals surface area contributed by atoms with E-state index in [1.165, 1.54) is 4.80 Å². The van der Waals surface area contributed by atoms with E-state index in [4.69, 9.17) is 4.74 Å². The minimum absolute atomic E-state index is 0.101. The summed E-state index contributed by atoms with van der Waals surface area (Å²) in [6, 6.07) is 0. The molecule has 21 heavy (non-hydrogen) atoms. The Morgan fingerprint density at radius 3 is 2.76 bits per heavy atom. The zero-order valence-corrected chi connectivity index (χ0v) is 13.0. The Bertz CT molecular complexity index is 496. The molecule has 2 rings (SSSR count). The molecule has 1 aromatic heterocycles. The van der Waals surface area contributed by atoms with Crippen molar-refractivity contribution < 1.29 is 14.6 Å². The molecule has 0 aromatic carbocycles. The van der Waals surface area contributed by atoms with E-state index in [9.17, 15) is 9.90 Å². The largest absolute Gasteiger partial charge is 0.444 e. The SMILES string of the molecule is Cn1nnc(CC2CN(C(=O)OC(C)(C)C)CCC2O)n1. The van der Waals surface area contributed by atoms with Crippen molar-refractivity contribution in [3.63, 3.8) is 0 Å². The van der Waals surface area contributed by atoms with Gasteiger partial charge in [0.05, 0.1) is 13.2 Å². The Hall–Kier alpha value is -1.70. The van der Waals surface area contributed by atoms with Gasteiger partial charge in [-0.05, 0) is 32.4 Å². The van der Waals surface area contributed by atoms with Crippen LogP contribution in [0.2, 0.25) is 0 Å². The van der Waals surface area contributed by atoms with Crippen molar-refractivity contribution in [1.29, 1.82) is 0 Å². The number of likely N-dealkylation sites (tertiary alicyclic amines) is 1. The molecule has 8 heteroatoms. The lowest BCUT2D eigenvalue weighted by molar-refractivity contribution is -0.00861. The normalized spacial score (nSPS) is 23.2. The molecular formula is C13H23N5O3. The molecule has 2 atom stereocenters. The quantitative estimate of drug-likeness (QED) is 0.847. The number of nitrogens with zero attached hydrogens (tertiary/aromatic N) is 5. The van der Waals surface area contributed by atoms with Gasteiger partial charge in [0.2, 0.25) is 0 Å². The van der Waals surface area contributed by atoms with Gasteiger partial charge in [-0.2, -0.15) is 4.80 Å². The van der Waals surface area contributed by atoms with Crippen LogP contribution in [0.3, 0.4) is 0 Å². The number of aliphatic hydroxyl groups excluding tert-OH is 1. The fourth-order valence-corrected chi connectivity index (χ4v) is 2.35. The van der Waals surface area contributed by atoms with Gasteiger partial charge in [-0.15, -0.1) is 10.2 Å². The van der Waals surface area contributed by atoms with Crippen molar-refractivity contribution in [2.75, 3.05) is 13.1 Å². The lowest BCUT2D eigenvalue weighted by Gasteiger charge is -2.36. The maximum atomic E-state index is 12.1. The van der Waals surface area contributed by atoms with Crippen LogP contribution in [-0.2, 0) is 18.2 Å². The summed E-state index contributed by atoms with van der Waals surface area (Å²) >= 11 is 0. The third-order valence-corrected chi connectivity index (χ3v) is 3.34. The summed E-state index contributed by atoms with van der Waals surface area (Å²) in [6.07, 6.45) is 0.220. The van der Waals surface area contributed by atoms with E-state index in [1.54, 1.807) is 11.9 Å². The summed E-state index contributed by atoms with van der Waals surface area (Å²) in [6.45, 7) is 6.45. The molecule has 8 nitrogen and oxygen atoms in total. The van der Waals surface area contributed by atoms with Crippen LogP contribution in [-0.4, -0.2) is 61.1 Å². The van der Waals surface area contributed by atoms with E-state index in [0.29, 0.717) is 31.8 Å². The molecule has 0 saturated carbocycles. The van der Waals surface area contributed by atoms with Crippen molar-refractivity contribution in [1.82, 2.24) is 25.1 Å². The Labute approximate surface area is 124 Å². The zero-order chi connectivity index (χ0) is 15.6. The Balaban J connectivity index is 1.97. The fourth-order valence-electron chi connectivity index (χ4n) is 2.35. The number of tetrazole rings is 1. The van der Waals surface area contributed by atoms with E-state index < -0.39 is 11.7 Å². The molecule has 1 fully saturated rings. The van der Waals surface area contributed by atoms with Crippen LogP contribution in [0.1, 0.15) is 33.0 Å². The van der Waals surface area contributed by atoms with Gasteiger partial charge < -0.3 is 14.7 Å². The van der Waals surface area contributed by atoms with Gasteiger partial charge in [0, 0.05) is 25.4 Å². The Morgan fingerprint density at radius 1 is 1.48 bits per heavy atom. The molecule has 1 aliphatic heterocycles. The molecule has 2 heterocycles. The molecule has 1 saturated heterocycles. The highest BCUT2D eigenvalue weighted by Gasteiger charge is 2.33. The number of piperidine rings is 1. The Kier molecular flexibility index (Phi) is 4.46. The standard InChI is InChI=1S/C13H23N5O3/c1-13(2,3)21-12(20)18-6-5-10(19)9(8-18)7-11-14-16-17(4)15-11/h9-10,19H,5-8H2,1-4H3. The van der Waals surface area contributed by atoms with Crippen LogP contribution >= 0.6 is 0 Å². The van der Waals surface area contributed by atoms with Gasteiger partial charge in [-0.1, -0.05) is 0 Å². The number of aryl methyl sites for hydroxylation is 1. The van der Waals surface area contributed by atoms with Crippen molar-refractivity contribution in [3.05, 3.63) is 5.82 Å². The fraction of sp³-hybridized carbons (Fsp3) is 0.846. The molecule has 2 unspecified atom stereocenters. The van der Waals surface area contributed by atoms with E-state index in [0.717, 1.165) is 0 Å². The minimum atomic E-state index is -0.519. The summed E-state index contributed by atoms with van der Waals surface area (Å²) in [7, 11) is 1.70. The van der Waals surface area contributed by atoms with Crippen molar-refractivity contribution >= 4 is 6.09 Å². The topological polar surface area (TPSA) is 93.4 Å². The number of rotatable bonds is 2. The van der Waals surface area contributed by atoms with Gasteiger partial charge in [0.1, 0.15) is 5.60 Å². The lowest BCUT2D eigenvalue weighted by atomic mass is 9.91. The van der Waals surface area contributed by atoms with Crippen LogP contribution in [0.15, 0.2) is 0 Å². The monoisotopic (exact) mass is 297 g/mol. The summed E-state index contributed by atoms with van der Waals surface area (Å²) in [5.74, 6) is 0.475. The number of carbonyl (C=O) groups excluding carboxylic acids is 1. The number of ether oxygens (including phenoxy) is 1. The van der Waals surface area contributed by atoms with E-state index in [2.05, 4.69) is 15.4 Å². The summed E-state index contributed by atoms with van der Waals surface area (Å²) in [4.78, 5) is 15.1. The van der Waals surface area contributed by atoms with Gasteiger partial charge in [-0.25, -0.2) is 4.79 Å². The molecule has 118 valence electrons. The predicted octanol–water partition coefficient (Wildman–Crippen LogP) is 0.370. The van der Waals surface area contributed by atoms with Gasteiger partial charge in [-0.3, -0.25) is 0 Å². The van der Waals surface area contributed by atoms with Crippen LogP contribution in [0.25, 0.3) is 0 Å². The summed E-state index contributed by atoms with van der Waals surface area (Å²) in [5, 5.41) is 21.9. The third kappa shape index (κ3) is 4.38. The molecule has 1 aliphatic rings. The molecular weight excluding hydrogens is 274 g/mol. The average molecular weight is 297 g/mol. The smallest absolute Gasteiger partial charge is 0.410 e. The van der Waals surface area contributed by atoms with E-state index in [-0.39, 0.29) is 12.0 Å². The summed E-state index contributed by atoms with van der Waals surface area (Å²) < 4.78 is 5.37. The van der Waals surface area contributed by atoms with Crippen molar-refractivity contribution in [2.24, 2.45) is 13.0 Å². The first-order valence-corrected chi connectivity index (χ1v) is 7.13. The van der Waals surface area contributed by atoms with Crippen LogP contribution in [0.5, 0.6) is 0 Å². The minimum Gasteiger partial charge on any atom is -0.444 e. The molecule has 1 N–H and O–H groups in total. The first-order valence-electron chi connectivity index (χ1n) is 7.13. The maximum Gasteiger partial charge on any atom is 0.410 e. The number of amides is 1. The maximum absolute atomic E-state index is 12.1. The number of hydrogen-bond acceptors (Lipinski definition) is 6. The summed E-state index contributed by atoms with van der Waals surface area (Å²) in [5.41, 5.74) is -0.519. The van der Waals surface area contributed by atoms with Crippen molar-refractivity contribution in [3.8, 4) is 0 Å². The van der Waals surface area contributed by atoms with Crippen LogP contribution < -0.4 is 0 Å². The number of carbonyl (C=O) groups is 1. The van der Waals surface area contributed by atoms with Crippen LogP contribution in [0.4, 0.5) is 4.79 Å². The molecule has 0 radical (unpaired) electrons. The predicted molar refractivity (Wildman–Crippen MR) is 74.4 cm³/mol. The highest BCUT2D eigenvalue weighted by molar-refractivity contribution is 5.68. The first-order chi connectivity index (χ1) is 9.74. The van der Waals surface area contributed by atoms with Crippen LogP contribution in [0, 0.1) is 5.92 Å². The second-order valence-electron chi connectivity index (χ2n) is 6.44. The number of aliphatic hydroxyl groups is 1. The first kappa shape index (κ1) is 15.7. The Morgan fingerprint density at radius 2 is 2.19 bits per heavy atom. The molecule has 0 aliphatic carbocycles. The molecule has 0 bridgehead atoms. The van der Waals surface area contributed by atoms with Gasteiger partial charge in [0.25, 0.3) is 0 Å². The number of aromatic nitrogens is 4. The van der Waals surface area contributed by atoms with E-state index in [1.807, 2.05) is 20.8 Å². The molecule has 1 amide bonds. The van der Waals surface area contributed by atoms with Crippen molar-refractivity contribution in [2.45, 2.75) is 45.3 Å².